The van der Waals surface area contributed by atoms with Crippen LogP contribution < -0.4 is 0 Å². The van der Waals surface area contributed by atoms with E-state index in [4.69, 9.17) is 0 Å². The lowest BCUT2D eigenvalue weighted by atomic mass is 9.52. The maximum Gasteiger partial charge on any atom is 0.335 e. The molecule has 0 amide bonds. The van der Waals surface area contributed by atoms with E-state index in [1.165, 1.54) is 6.07 Å². The van der Waals surface area contributed by atoms with E-state index in [0.29, 0.717) is 0 Å². The van der Waals surface area contributed by atoms with E-state index in [1.54, 1.807) is 66.7 Å². The first-order valence-electron chi connectivity index (χ1n) is 12.6. The van der Waals surface area contributed by atoms with Crippen LogP contribution in [0, 0.1) is 0 Å². The summed E-state index contributed by atoms with van der Waals surface area (Å²) >= 11 is 0. The summed E-state index contributed by atoms with van der Waals surface area (Å²) in [6.07, 6.45) is 0. The molecule has 4 bridgehead atoms. The Morgan fingerprint density at radius 3 is 0.775 bits per heavy atom. The van der Waals surface area contributed by atoms with E-state index < -0.39 is 47.5 Å². The van der Waals surface area contributed by atoms with Gasteiger partial charge in [0.05, 0.1) is 22.3 Å². The highest BCUT2D eigenvalue weighted by Gasteiger charge is 2.50. The van der Waals surface area contributed by atoms with Crippen LogP contribution in [0.4, 0.5) is 0 Å². The number of hydrogen-bond donors (Lipinski definition) is 4. The molecule has 196 valence electrons. The topological polar surface area (TPSA) is 149 Å². The fourth-order valence-corrected chi connectivity index (χ4v) is 7.15. The fraction of sp³-hybridized carbons (Fsp3) is 0.125. The third kappa shape index (κ3) is 3.13. The van der Waals surface area contributed by atoms with Crippen molar-refractivity contribution >= 4 is 23.9 Å². The summed E-state index contributed by atoms with van der Waals surface area (Å²) in [5.74, 6) is -6.22. The predicted molar refractivity (Wildman–Crippen MR) is 141 cm³/mol. The highest BCUT2D eigenvalue weighted by molar-refractivity contribution is 5.91. The number of rotatable bonds is 4. The highest BCUT2D eigenvalue weighted by atomic mass is 16.4. The van der Waals surface area contributed by atoms with Gasteiger partial charge in [0.25, 0.3) is 0 Å². The van der Waals surface area contributed by atoms with Gasteiger partial charge in [0, 0.05) is 23.7 Å². The summed E-state index contributed by atoms with van der Waals surface area (Å²) in [7, 11) is 0. The molecule has 0 fully saturated rings. The van der Waals surface area contributed by atoms with Crippen molar-refractivity contribution in [3.05, 3.63) is 140 Å². The number of carbonyl (C=O) groups is 4. The molecule has 2 atom stereocenters. The maximum atomic E-state index is 12.0. The molecule has 4 aromatic carbocycles. The van der Waals surface area contributed by atoms with Gasteiger partial charge in [0.2, 0.25) is 0 Å². The number of aromatic carboxylic acids is 4. The molecule has 0 saturated heterocycles. The first-order chi connectivity index (χ1) is 19.2. The molecule has 6 aliphatic rings. The lowest BCUT2D eigenvalue weighted by molar-refractivity contribution is 0.0685. The van der Waals surface area contributed by atoms with E-state index >= 15 is 0 Å². The molecule has 0 aliphatic heterocycles. The van der Waals surface area contributed by atoms with Crippen molar-refractivity contribution in [3.63, 3.8) is 0 Å². The molecule has 10 rings (SSSR count). The summed E-state index contributed by atoms with van der Waals surface area (Å²) in [5.41, 5.74) is 6.96. The van der Waals surface area contributed by atoms with Crippen LogP contribution in [0.2, 0.25) is 0 Å². The molecule has 0 aromatic heterocycles. The van der Waals surface area contributed by atoms with Crippen molar-refractivity contribution in [1.82, 2.24) is 0 Å². The van der Waals surface area contributed by atoms with Crippen LogP contribution >= 0.6 is 0 Å². The second-order valence-electron chi connectivity index (χ2n) is 10.5. The van der Waals surface area contributed by atoms with Crippen LogP contribution in [0.15, 0.2) is 72.8 Å². The summed E-state index contributed by atoms with van der Waals surface area (Å²) < 4.78 is 0. The zero-order valence-corrected chi connectivity index (χ0v) is 20.7. The predicted octanol–water partition coefficient (Wildman–Crippen LogP) is 5.35. The van der Waals surface area contributed by atoms with E-state index in [1.807, 2.05) is 0 Å². The molecule has 6 aliphatic carbocycles. The number of carboxylic acids is 4. The average molecular weight is 533 g/mol. The minimum absolute atomic E-state index is 0.0951. The quantitative estimate of drug-likeness (QED) is 0.275. The van der Waals surface area contributed by atoms with Crippen LogP contribution in [-0.4, -0.2) is 44.3 Å². The highest BCUT2D eigenvalue weighted by Crippen LogP contribution is 2.64. The minimum Gasteiger partial charge on any atom is -0.478 e. The Balaban J connectivity index is 1.63. The van der Waals surface area contributed by atoms with Gasteiger partial charge in [-0.15, -0.1) is 0 Å². The van der Waals surface area contributed by atoms with Gasteiger partial charge in [-0.05, 0) is 93.0 Å². The molecule has 0 radical (unpaired) electrons. The van der Waals surface area contributed by atoms with Crippen LogP contribution in [0.1, 0.15) is 110 Å². The normalized spacial score (nSPS) is 20.8. The molecular weight excluding hydrogens is 512 g/mol. The van der Waals surface area contributed by atoms with Crippen molar-refractivity contribution in [2.75, 3.05) is 0 Å². The van der Waals surface area contributed by atoms with Crippen molar-refractivity contribution in [1.29, 1.82) is 0 Å². The van der Waals surface area contributed by atoms with Crippen molar-refractivity contribution < 1.29 is 39.6 Å². The molecular formula is C32H20O8. The lowest BCUT2D eigenvalue weighted by Crippen LogP contribution is -2.36. The molecule has 0 heterocycles. The fourth-order valence-electron chi connectivity index (χ4n) is 7.15. The first-order valence-corrected chi connectivity index (χ1v) is 12.6. The molecule has 0 saturated carbocycles. The summed E-state index contributed by atoms with van der Waals surface area (Å²) in [6.45, 7) is 0. The largest absolute Gasteiger partial charge is 0.478 e. The average Bonchev–Trinajstić information content (AvgIpc) is 2.92. The van der Waals surface area contributed by atoms with Gasteiger partial charge in [-0.3, -0.25) is 0 Å². The van der Waals surface area contributed by atoms with Gasteiger partial charge in [0.1, 0.15) is 0 Å². The van der Waals surface area contributed by atoms with Gasteiger partial charge in [-0.1, -0.05) is 24.3 Å². The molecule has 40 heavy (non-hydrogen) atoms. The van der Waals surface area contributed by atoms with Gasteiger partial charge < -0.3 is 20.4 Å². The molecule has 4 N–H and O–H groups in total. The zero-order valence-electron chi connectivity index (χ0n) is 20.7. The maximum absolute atomic E-state index is 12.0. The monoisotopic (exact) mass is 532 g/mol. The first kappa shape index (κ1) is 23.8. The van der Waals surface area contributed by atoms with E-state index in [-0.39, 0.29) is 22.3 Å². The number of benzene rings is 4. The van der Waals surface area contributed by atoms with Crippen molar-refractivity contribution in [2.45, 2.75) is 23.7 Å². The van der Waals surface area contributed by atoms with Crippen LogP contribution in [0.25, 0.3) is 0 Å². The second-order valence-corrected chi connectivity index (χ2v) is 10.5. The Labute approximate surface area is 226 Å². The lowest BCUT2D eigenvalue weighted by Gasteiger charge is -2.50. The van der Waals surface area contributed by atoms with Crippen LogP contribution in [0.5, 0.6) is 0 Å². The van der Waals surface area contributed by atoms with Crippen LogP contribution in [0.3, 0.4) is 0 Å². The van der Waals surface area contributed by atoms with Crippen molar-refractivity contribution in [3.8, 4) is 0 Å². The summed E-state index contributed by atoms with van der Waals surface area (Å²) in [4.78, 5) is 48.0. The van der Waals surface area contributed by atoms with E-state index in [9.17, 15) is 39.6 Å². The van der Waals surface area contributed by atoms with E-state index in [0.717, 1.165) is 44.5 Å². The Morgan fingerprint density at radius 2 is 0.550 bits per heavy atom. The number of hydrogen-bond acceptors (Lipinski definition) is 4. The second kappa shape index (κ2) is 8.13. The van der Waals surface area contributed by atoms with Gasteiger partial charge in [-0.2, -0.15) is 0 Å². The molecule has 2 unspecified atom stereocenters. The Kier molecular flexibility index (Phi) is 4.85. The van der Waals surface area contributed by atoms with Gasteiger partial charge in [0.15, 0.2) is 0 Å². The molecule has 4 aromatic rings. The van der Waals surface area contributed by atoms with Crippen molar-refractivity contribution in [2.24, 2.45) is 0 Å². The van der Waals surface area contributed by atoms with Gasteiger partial charge >= 0.3 is 23.9 Å². The number of carboxylic acid groups (broad SMARTS) is 4. The SMILES string of the molecule is O=C(O)c1ccc2c(c1)C1c3ccc(C(=O)O)cc3C2C2c3cc(C(=O)O)ccc3C1c1ccc(C(=O)O)cc12. The van der Waals surface area contributed by atoms with Gasteiger partial charge in [-0.25, -0.2) is 19.2 Å². The summed E-state index contributed by atoms with van der Waals surface area (Å²) in [5, 5.41) is 39.3. The van der Waals surface area contributed by atoms with Crippen LogP contribution in [-0.2, 0) is 0 Å². The smallest absolute Gasteiger partial charge is 0.335 e. The minimum atomic E-state index is -1.09. The zero-order chi connectivity index (χ0) is 28.0. The Bertz CT molecular complexity index is 1790. The molecule has 8 heteroatoms. The third-order valence-electron chi connectivity index (χ3n) is 8.68. The Morgan fingerprint density at radius 1 is 0.350 bits per heavy atom. The standard InChI is InChI=1S/C32H20O8/c33-29(34)13-4-8-20-21(9-13)26-19-7-3-14(30(35)36)10-22(19)27(20)28-23-11-15(31(37)38)1-5-17(23)25(26)18-6-2-16(32(39)40)12-24(18)28/h1-12,25-28H,(H,33,34)(H,35,36)(H,37,38)(H,39,40). The molecule has 0 spiro atoms. The third-order valence-corrected chi connectivity index (χ3v) is 8.68. The summed E-state index contributed by atoms with van der Waals surface area (Å²) in [6, 6.07) is 19.9. The van der Waals surface area contributed by atoms with E-state index in [2.05, 4.69) is 0 Å². The Hall–Kier alpha value is -5.24. The molecule has 8 nitrogen and oxygen atoms in total.